The van der Waals surface area contributed by atoms with Crippen LogP contribution in [0.25, 0.3) is 0 Å². The minimum atomic E-state index is -3.24. The summed E-state index contributed by atoms with van der Waals surface area (Å²) in [6.45, 7) is 3.16. The summed E-state index contributed by atoms with van der Waals surface area (Å²) in [6.07, 6.45) is 4.75. The van der Waals surface area contributed by atoms with E-state index in [0.717, 1.165) is 33.9 Å². The van der Waals surface area contributed by atoms with E-state index >= 15 is 0 Å². The number of anilines is 1. The fourth-order valence-corrected chi connectivity index (χ4v) is 5.73. The van der Waals surface area contributed by atoms with Crippen LogP contribution in [0.4, 0.5) is 5.13 Å². The number of aromatic nitrogens is 1. The molecule has 1 aromatic carbocycles. The highest BCUT2D eigenvalue weighted by Crippen LogP contribution is 2.24. The lowest BCUT2D eigenvalue weighted by Crippen LogP contribution is -2.30. The normalized spacial score (nSPS) is 15.1. The molecule has 0 unspecified atom stereocenters. The zero-order chi connectivity index (χ0) is 20.1. The number of thiazole rings is 1. The molecule has 0 saturated carbocycles. The molecule has 3 rings (SSSR count). The number of nitrogens with zero attached hydrogens (tertiary/aromatic N) is 2. The van der Waals surface area contributed by atoms with Gasteiger partial charge in [-0.25, -0.2) is 17.7 Å². The Morgan fingerprint density at radius 1 is 1.32 bits per heavy atom. The van der Waals surface area contributed by atoms with Gasteiger partial charge in [0.2, 0.25) is 15.9 Å². The van der Waals surface area contributed by atoms with Crippen molar-refractivity contribution in [3.05, 3.63) is 45.4 Å². The molecule has 0 bridgehead atoms. The van der Waals surface area contributed by atoms with Crippen molar-refractivity contribution in [1.82, 2.24) is 9.29 Å². The Labute approximate surface area is 175 Å². The van der Waals surface area contributed by atoms with Crippen molar-refractivity contribution in [2.45, 2.75) is 39.0 Å². The van der Waals surface area contributed by atoms with Crippen LogP contribution in [0.15, 0.2) is 24.4 Å². The smallest absolute Gasteiger partial charge is 0.226 e. The maximum atomic E-state index is 12.2. The van der Waals surface area contributed by atoms with Crippen molar-refractivity contribution in [1.29, 1.82) is 0 Å². The summed E-state index contributed by atoms with van der Waals surface area (Å²) in [5.41, 5.74) is 2.12. The minimum absolute atomic E-state index is 0.0116. The van der Waals surface area contributed by atoms with Crippen molar-refractivity contribution < 1.29 is 13.2 Å². The summed E-state index contributed by atoms with van der Waals surface area (Å²) in [6, 6.07) is 5.95. The Balaban J connectivity index is 1.46. The average molecular weight is 442 g/mol. The van der Waals surface area contributed by atoms with Crippen molar-refractivity contribution >= 4 is 44.0 Å². The molecule has 2 heterocycles. The summed E-state index contributed by atoms with van der Waals surface area (Å²) < 4.78 is 25.9. The van der Waals surface area contributed by atoms with Gasteiger partial charge in [-0.15, -0.1) is 11.3 Å². The predicted molar refractivity (Wildman–Crippen MR) is 114 cm³/mol. The van der Waals surface area contributed by atoms with Crippen molar-refractivity contribution in [2.75, 3.05) is 24.2 Å². The molecule has 0 atom stereocenters. The molecule has 1 fully saturated rings. The van der Waals surface area contributed by atoms with E-state index in [-0.39, 0.29) is 18.1 Å². The molecule has 28 heavy (non-hydrogen) atoms. The highest BCUT2D eigenvalue weighted by Gasteiger charge is 2.24. The summed E-state index contributed by atoms with van der Waals surface area (Å²) in [5.74, 6) is -0.200. The highest BCUT2D eigenvalue weighted by atomic mass is 35.5. The molecule has 1 N–H and O–H groups in total. The lowest BCUT2D eigenvalue weighted by atomic mass is 10.1. The number of benzene rings is 1. The van der Waals surface area contributed by atoms with Crippen molar-refractivity contribution in [3.63, 3.8) is 0 Å². The Bertz CT molecular complexity index is 938. The number of hydrogen-bond donors (Lipinski definition) is 1. The number of halogens is 1. The first-order chi connectivity index (χ1) is 13.3. The van der Waals surface area contributed by atoms with Crippen LogP contribution in [0.3, 0.4) is 0 Å². The first kappa shape index (κ1) is 21.2. The maximum Gasteiger partial charge on any atom is 0.226 e. The number of amides is 1. The van der Waals surface area contributed by atoms with Gasteiger partial charge in [-0.1, -0.05) is 23.7 Å². The van der Waals surface area contributed by atoms with Crippen LogP contribution in [0.2, 0.25) is 5.02 Å². The zero-order valence-corrected chi connectivity index (χ0v) is 18.2. The van der Waals surface area contributed by atoms with Crippen molar-refractivity contribution in [3.8, 4) is 0 Å². The van der Waals surface area contributed by atoms with E-state index in [1.54, 1.807) is 6.20 Å². The second-order valence-corrected chi connectivity index (χ2v) is 10.6. The summed E-state index contributed by atoms with van der Waals surface area (Å²) in [4.78, 5) is 17.4. The first-order valence-electron chi connectivity index (χ1n) is 9.31. The summed E-state index contributed by atoms with van der Waals surface area (Å²) >= 11 is 7.57. The number of nitrogens with one attached hydrogen (secondary N) is 1. The van der Waals surface area contributed by atoms with Gasteiger partial charge in [0.15, 0.2) is 5.13 Å². The molecule has 152 valence electrons. The third-order valence-corrected chi connectivity index (χ3v) is 7.96. The van der Waals surface area contributed by atoms with E-state index in [4.69, 9.17) is 11.6 Å². The van der Waals surface area contributed by atoms with E-state index in [0.29, 0.717) is 31.1 Å². The van der Waals surface area contributed by atoms with Gasteiger partial charge >= 0.3 is 0 Å². The molecule has 9 heteroatoms. The van der Waals surface area contributed by atoms with Crippen LogP contribution >= 0.6 is 22.9 Å². The van der Waals surface area contributed by atoms with Gasteiger partial charge in [0.05, 0.1) is 5.75 Å². The van der Waals surface area contributed by atoms with Crippen LogP contribution in [-0.2, 0) is 21.2 Å². The number of carbonyl (C=O) groups excluding carboxylic acids is 1. The lowest BCUT2D eigenvalue weighted by molar-refractivity contribution is -0.116. The van der Waals surface area contributed by atoms with Gasteiger partial charge in [0.1, 0.15) is 0 Å². The van der Waals surface area contributed by atoms with Gasteiger partial charge < -0.3 is 5.32 Å². The van der Waals surface area contributed by atoms with E-state index in [1.165, 1.54) is 15.6 Å². The van der Waals surface area contributed by atoms with E-state index in [1.807, 2.05) is 25.1 Å². The summed E-state index contributed by atoms with van der Waals surface area (Å²) in [7, 11) is -3.24. The molecule has 1 aliphatic heterocycles. The average Bonchev–Trinajstić information content (AvgIpc) is 3.30. The van der Waals surface area contributed by atoms with E-state index < -0.39 is 10.0 Å². The molecule has 1 amide bonds. The van der Waals surface area contributed by atoms with Crippen LogP contribution in [0.5, 0.6) is 0 Å². The van der Waals surface area contributed by atoms with Crippen LogP contribution in [-0.4, -0.2) is 42.5 Å². The zero-order valence-electron chi connectivity index (χ0n) is 15.8. The molecule has 6 nitrogen and oxygen atoms in total. The first-order valence-corrected chi connectivity index (χ1v) is 12.1. The summed E-state index contributed by atoms with van der Waals surface area (Å²) in [5, 5.41) is 4.02. The molecule has 1 aliphatic rings. The van der Waals surface area contributed by atoms with Crippen LogP contribution in [0, 0.1) is 6.92 Å². The van der Waals surface area contributed by atoms with E-state index in [2.05, 4.69) is 10.3 Å². The van der Waals surface area contributed by atoms with Gasteiger partial charge in [-0.2, -0.15) is 0 Å². The third-order valence-electron chi connectivity index (χ3n) is 4.68. The van der Waals surface area contributed by atoms with Crippen molar-refractivity contribution in [2.24, 2.45) is 0 Å². The number of hydrogen-bond acceptors (Lipinski definition) is 5. The van der Waals surface area contributed by atoms with Crippen LogP contribution in [0.1, 0.15) is 41.7 Å². The van der Waals surface area contributed by atoms with Gasteiger partial charge in [0.25, 0.3) is 0 Å². The quantitative estimate of drug-likeness (QED) is 0.674. The molecular formula is C19H24ClN3O3S2. The molecule has 1 aromatic heterocycles. The van der Waals surface area contributed by atoms with Gasteiger partial charge in [-0.3, -0.25) is 4.79 Å². The third kappa shape index (κ3) is 5.76. The van der Waals surface area contributed by atoms with Gasteiger partial charge in [0, 0.05) is 42.0 Å². The Morgan fingerprint density at radius 3 is 2.79 bits per heavy atom. The monoisotopic (exact) mass is 441 g/mol. The number of rotatable bonds is 8. The van der Waals surface area contributed by atoms with Crippen LogP contribution < -0.4 is 5.32 Å². The number of aryl methyl sites for hydroxylation is 1. The molecule has 1 saturated heterocycles. The lowest BCUT2D eigenvalue weighted by Gasteiger charge is -2.14. The Kier molecular flexibility index (Phi) is 7.09. The molecule has 0 spiro atoms. The predicted octanol–water partition coefficient (Wildman–Crippen LogP) is 3.84. The second kappa shape index (κ2) is 9.35. The SMILES string of the molecule is Cc1ccc(Cc2cnc(NC(=O)CCCS(=O)(=O)N3CCCC3)s2)cc1Cl. The molecule has 0 aliphatic carbocycles. The standard InChI is InChI=1S/C19H24ClN3O3S2/c1-14-6-7-15(12-17(14)20)11-16-13-21-19(27-16)22-18(24)5-4-10-28(25,26)23-8-2-3-9-23/h6-7,12-13H,2-5,8-11H2,1H3,(H,21,22,24). The topological polar surface area (TPSA) is 79.4 Å². The molecular weight excluding hydrogens is 418 g/mol. The Morgan fingerprint density at radius 2 is 2.07 bits per heavy atom. The largest absolute Gasteiger partial charge is 0.302 e. The number of carbonyl (C=O) groups is 1. The molecule has 2 aromatic rings. The van der Waals surface area contributed by atoms with E-state index in [9.17, 15) is 13.2 Å². The minimum Gasteiger partial charge on any atom is -0.302 e. The molecule has 0 radical (unpaired) electrons. The maximum absolute atomic E-state index is 12.2. The second-order valence-electron chi connectivity index (χ2n) is 6.97. The fourth-order valence-electron chi connectivity index (χ4n) is 3.09. The number of sulfonamides is 1. The highest BCUT2D eigenvalue weighted by molar-refractivity contribution is 7.89. The Hall–Kier alpha value is -1.48. The van der Waals surface area contributed by atoms with Gasteiger partial charge in [-0.05, 0) is 43.4 Å². The fraction of sp³-hybridized carbons (Fsp3) is 0.474.